The molecule has 2 aliphatic heterocycles. The fourth-order valence-corrected chi connectivity index (χ4v) is 3.35. The van der Waals surface area contributed by atoms with Crippen molar-refractivity contribution in [3.8, 4) is 0 Å². The third-order valence-electron chi connectivity index (χ3n) is 4.49. The zero-order valence-electron chi connectivity index (χ0n) is 11.4. The number of imidazole rings is 1. The number of carboxylic acid groups (broad SMARTS) is 1. The van der Waals surface area contributed by atoms with E-state index in [1.807, 2.05) is 6.20 Å². The van der Waals surface area contributed by atoms with Gasteiger partial charge in [-0.15, -0.1) is 0 Å². The molecule has 0 aromatic carbocycles. The van der Waals surface area contributed by atoms with Crippen molar-refractivity contribution in [3.05, 3.63) is 17.7 Å². The summed E-state index contributed by atoms with van der Waals surface area (Å²) in [5, 5.41) is 9.09. The van der Waals surface area contributed by atoms with Gasteiger partial charge in [0.2, 0.25) is 0 Å². The van der Waals surface area contributed by atoms with E-state index in [2.05, 4.69) is 21.5 Å². The van der Waals surface area contributed by atoms with Crippen molar-refractivity contribution in [3.63, 3.8) is 0 Å². The molecule has 3 rings (SSSR count). The van der Waals surface area contributed by atoms with E-state index in [0.717, 1.165) is 37.4 Å². The second-order valence-electron chi connectivity index (χ2n) is 5.97. The third-order valence-corrected chi connectivity index (χ3v) is 4.49. The minimum atomic E-state index is -0.675. The molecule has 0 saturated carbocycles. The molecule has 0 aliphatic carbocycles. The van der Waals surface area contributed by atoms with Gasteiger partial charge < -0.3 is 14.6 Å². The minimum absolute atomic E-state index is 0.227. The summed E-state index contributed by atoms with van der Waals surface area (Å²) in [5.41, 5.74) is 1.10. The maximum absolute atomic E-state index is 11.1. The Morgan fingerprint density at radius 2 is 2.32 bits per heavy atom. The number of aliphatic carboxylic acids is 1. The number of carbonyl (C=O) groups is 1. The quantitative estimate of drug-likeness (QED) is 0.884. The van der Waals surface area contributed by atoms with E-state index in [1.165, 1.54) is 13.0 Å². The Balaban J connectivity index is 1.70. The molecule has 2 aliphatic rings. The summed E-state index contributed by atoms with van der Waals surface area (Å²) >= 11 is 0. The molecule has 0 radical (unpaired) electrons. The Labute approximate surface area is 113 Å². The first kappa shape index (κ1) is 12.7. The molecule has 1 N–H and O–H groups in total. The number of aromatic nitrogens is 2. The van der Waals surface area contributed by atoms with E-state index >= 15 is 0 Å². The van der Waals surface area contributed by atoms with Gasteiger partial charge in [-0.1, -0.05) is 0 Å². The normalized spacial score (nSPS) is 27.4. The van der Waals surface area contributed by atoms with Gasteiger partial charge >= 0.3 is 5.97 Å². The fraction of sp³-hybridized carbons (Fsp3) is 0.714. The largest absolute Gasteiger partial charge is 0.481 e. The van der Waals surface area contributed by atoms with E-state index < -0.39 is 5.97 Å². The summed E-state index contributed by atoms with van der Waals surface area (Å²) in [5.74, 6) is 0.953. The van der Waals surface area contributed by atoms with Crippen LogP contribution in [0.25, 0.3) is 0 Å². The molecule has 0 amide bonds. The van der Waals surface area contributed by atoms with Crippen LogP contribution in [-0.4, -0.2) is 45.7 Å². The van der Waals surface area contributed by atoms with Crippen LogP contribution in [-0.2, 0) is 24.2 Å². The maximum atomic E-state index is 11.1. The molecule has 1 fully saturated rings. The zero-order valence-corrected chi connectivity index (χ0v) is 11.4. The monoisotopic (exact) mass is 263 g/mol. The number of fused-ring (bicyclic) bond motifs is 1. The molecule has 1 saturated heterocycles. The first-order valence-electron chi connectivity index (χ1n) is 7.08. The maximum Gasteiger partial charge on any atom is 0.306 e. The van der Waals surface area contributed by atoms with Crippen LogP contribution in [0.3, 0.4) is 0 Å². The van der Waals surface area contributed by atoms with Gasteiger partial charge in [-0.25, -0.2) is 4.98 Å². The summed E-state index contributed by atoms with van der Waals surface area (Å²) in [4.78, 5) is 17.9. The number of nitrogens with zero attached hydrogens (tertiary/aromatic N) is 3. The van der Waals surface area contributed by atoms with Gasteiger partial charge in [-0.2, -0.15) is 0 Å². The van der Waals surface area contributed by atoms with Crippen LogP contribution in [0.5, 0.6) is 0 Å². The molecule has 104 valence electrons. The van der Waals surface area contributed by atoms with Crippen LogP contribution >= 0.6 is 0 Å². The van der Waals surface area contributed by atoms with Gasteiger partial charge in [0.25, 0.3) is 0 Å². The highest BCUT2D eigenvalue weighted by Gasteiger charge is 2.28. The van der Waals surface area contributed by atoms with E-state index in [0.29, 0.717) is 12.3 Å². The average Bonchev–Trinajstić information content (AvgIpc) is 2.96. The predicted molar refractivity (Wildman–Crippen MR) is 71.0 cm³/mol. The highest BCUT2D eigenvalue weighted by atomic mass is 16.4. The van der Waals surface area contributed by atoms with Crippen LogP contribution in [0.2, 0.25) is 0 Å². The van der Waals surface area contributed by atoms with Crippen LogP contribution in [0.15, 0.2) is 6.20 Å². The van der Waals surface area contributed by atoms with Crippen LogP contribution in [0.1, 0.15) is 24.4 Å². The molecular weight excluding hydrogens is 242 g/mol. The van der Waals surface area contributed by atoms with E-state index in [4.69, 9.17) is 5.11 Å². The summed E-state index contributed by atoms with van der Waals surface area (Å²) in [6, 6.07) is 0. The summed E-state index contributed by atoms with van der Waals surface area (Å²) in [7, 11) is 2.17. The van der Waals surface area contributed by atoms with Crippen LogP contribution in [0, 0.1) is 11.8 Å². The van der Waals surface area contributed by atoms with Crippen molar-refractivity contribution in [2.24, 2.45) is 11.8 Å². The third kappa shape index (κ3) is 2.52. The van der Waals surface area contributed by atoms with Crippen molar-refractivity contribution < 1.29 is 9.90 Å². The second kappa shape index (κ2) is 4.96. The Bertz CT molecular complexity index is 483. The average molecular weight is 263 g/mol. The minimum Gasteiger partial charge on any atom is -0.481 e. The van der Waals surface area contributed by atoms with Crippen LogP contribution < -0.4 is 0 Å². The van der Waals surface area contributed by atoms with Gasteiger partial charge in [0.05, 0.1) is 5.92 Å². The van der Waals surface area contributed by atoms with Gasteiger partial charge in [0.15, 0.2) is 0 Å². The van der Waals surface area contributed by atoms with E-state index in [1.54, 1.807) is 0 Å². The molecule has 19 heavy (non-hydrogen) atoms. The second-order valence-corrected chi connectivity index (χ2v) is 5.97. The number of hydrogen-bond donors (Lipinski definition) is 1. The molecule has 2 unspecified atom stereocenters. The lowest BCUT2D eigenvalue weighted by molar-refractivity contribution is -0.142. The predicted octanol–water partition coefficient (Wildman–Crippen LogP) is 1.02. The number of rotatable bonds is 3. The lowest BCUT2D eigenvalue weighted by Crippen LogP contribution is -2.26. The van der Waals surface area contributed by atoms with Crippen molar-refractivity contribution in [2.45, 2.75) is 32.2 Å². The van der Waals surface area contributed by atoms with Crippen molar-refractivity contribution >= 4 is 5.97 Å². The first-order chi connectivity index (χ1) is 9.13. The van der Waals surface area contributed by atoms with Crippen molar-refractivity contribution in [1.29, 1.82) is 0 Å². The fourth-order valence-electron chi connectivity index (χ4n) is 3.35. The Kier molecular flexibility index (Phi) is 3.31. The molecule has 5 nitrogen and oxygen atoms in total. The van der Waals surface area contributed by atoms with Crippen molar-refractivity contribution in [1.82, 2.24) is 14.5 Å². The lowest BCUT2D eigenvalue weighted by atomic mass is 9.96. The van der Waals surface area contributed by atoms with E-state index in [9.17, 15) is 4.79 Å². The molecule has 1 aromatic rings. The topological polar surface area (TPSA) is 58.4 Å². The number of carboxylic acids is 1. The number of hydrogen-bond acceptors (Lipinski definition) is 3. The Morgan fingerprint density at radius 3 is 3.00 bits per heavy atom. The smallest absolute Gasteiger partial charge is 0.306 e. The van der Waals surface area contributed by atoms with E-state index in [-0.39, 0.29) is 5.92 Å². The Hall–Kier alpha value is -1.36. The van der Waals surface area contributed by atoms with Crippen LogP contribution in [0.4, 0.5) is 0 Å². The molecule has 0 bridgehead atoms. The highest BCUT2D eigenvalue weighted by molar-refractivity contribution is 5.70. The Morgan fingerprint density at radius 1 is 1.47 bits per heavy atom. The van der Waals surface area contributed by atoms with Crippen molar-refractivity contribution in [2.75, 3.05) is 20.1 Å². The molecule has 5 heteroatoms. The summed E-state index contributed by atoms with van der Waals surface area (Å²) in [6.45, 7) is 3.14. The SMILES string of the molecule is CN1CCC(Cc2ncc3n2CCC(C(=O)O)C3)C1. The van der Waals surface area contributed by atoms with Gasteiger partial charge in [-0.3, -0.25) is 4.79 Å². The van der Waals surface area contributed by atoms with Gasteiger partial charge in [0, 0.05) is 37.8 Å². The lowest BCUT2D eigenvalue weighted by Gasteiger charge is -2.22. The molecule has 0 spiro atoms. The zero-order chi connectivity index (χ0) is 13.4. The van der Waals surface area contributed by atoms with Gasteiger partial charge in [0.1, 0.15) is 5.82 Å². The summed E-state index contributed by atoms with van der Waals surface area (Å²) in [6.07, 6.45) is 5.52. The molecule has 2 atom stereocenters. The molecule has 1 aromatic heterocycles. The van der Waals surface area contributed by atoms with Gasteiger partial charge in [-0.05, 0) is 32.4 Å². The first-order valence-corrected chi connectivity index (χ1v) is 7.08. The highest BCUT2D eigenvalue weighted by Crippen LogP contribution is 2.25. The summed E-state index contributed by atoms with van der Waals surface area (Å²) < 4.78 is 2.25. The molecule has 3 heterocycles. The number of likely N-dealkylation sites (tertiary alicyclic amines) is 1. The standard InChI is InChI=1S/C14H21N3O2/c1-16-4-2-10(9-16)6-13-15-8-12-7-11(14(18)19)3-5-17(12)13/h8,10-11H,2-7,9H2,1H3,(H,18,19). The molecular formula is C14H21N3O2.